The van der Waals surface area contributed by atoms with Gasteiger partial charge >= 0.3 is 17.9 Å². The number of carbonyl (C=O) groups excluding carboxylic acids is 2. The maximum absolute atomic E-state index is 12.9. The maximum Gasteiger partial charge on any atom is 0.361 e. The van der Waals surface area contributed by atoms with Crippen molar-refractivity contribution in [1.82, 2.24) is 0 Å². The molecule has 0 aliphatic rings. The fourth-order valence-electron chi connectivity index (χ4n) is 8.28. The predicted molar refractivity (Wildman–Crippen MR) is 354 cm³/mol. The Morgan fingerprint density at radius 3 is 1.04 bits per heavy atom. The minimum atomic E-state index is -1.53. The van der Waals surface area contributed by atoms with Gasteiger partial charge < -0.3 is 28.5 Å². The van der Waals surface area contributed by atoms with Gasteiger partial charge in [-0.25, -0.2) is 4.79 Å². The van der Waals surface area contributed by atoms with Crippen LogP contribution in [-0.2, 0) is 33.3 Å². The van der Waals surface area contributed by atoms with Crippen LogP contribution in [0.25, 0.3) is 0 Å². The molecular formula is C74H120NO8+. The zero-order valence-electron chi connectivity index (χ0n) is 53.3. The summed E-state index contributed by atoms with van der Waals surface area (Å²) >= 11 is 0. The Morgan fingerprint density at radius 1 is 0.373 bits per heavy atom. The molecule has 0 saturated carbocycles. The molecule has 0 aromatic heterocycles. The van der Waals surface area contributed by atoms with E-state index < -0.39 is 24.3 Å². The molecule has 0 amide bonds. The Labute approximate surface area is 508 Å². The molecule has 0 aromatic carbocycles. The van der Waals surface area contributed by atoms with E-state index in [4.69, 9.17) is 18.9 Å². The van der Waals surface area contributed by atoms with Gasteiger partial charge in [-0.3, -0.25) is 9.59 Å². The van der Waals surface area contributed by atoms with Gasteiger partial charge in [0, 0.05) is 12.8 Å². The average molecular weight is 1150 g/mol. The van der Waals surface area contributed by atoms with Crippen LogP contribution in [-0.4, -0.2) is 87.4 Å². The molecule has 1 N–H and O–H groups in total. The van der Waals surface area contributed by atoms with Gasteiger partial charge in [0.05, 0.1) is 34.4 Å². The Bertz CT molecular complexity index is 1920. The number of hydrogen-bond donors (Lipinski definition) is 1. The van der Waals surface area contributed by atoms with Crippen LogP contribution in [0.3, 0.4) is 0 Å². The highest BCUT2D eigenvalue weighted by molar-refractivity contribution is 5.71. The number of likely N-dealkylation sites (N-methyl/N-ethyl adjacent to an activating group) is 1. The van der Waals surface area contributed by atoms with Crippen LogP contribution in [0.2, 0.25) is 0 Å². The molecule has 0 heterocycles. The number of allylic oxidation sites excluding steroid dienone is 26. The first-order valence-corrected chi connectivity index (χ1v) is 32.6. The third-order valence-electron chi connectivity index (χ3n) is 13.3. The van der Waals surface area contributed by atoms with Crippen molar-refractivity contribution in [3.8, 4) is 0 Å². The molecule has 0 radical (unpaired) electrons. The van der Waals surface area contributed by atoms with Crippen LogP contribution in [0, 0.1) is 0 Å². The summed E-state index contributed by atoms with van der Waals surface area (Å²) in [7, 11) is 5.95. The van der Waals surface area contributed by atoms with E-state index in [0.717, 1.165) is 128 Å². The van der Waals surface area contributed by atoms with E-state index in [9.17, 15) is 19.5 Å². The molecule has 2 unspecified atom stereocenters. The molecular weight excluding hydrogens is 1030 g/mol. The van der Waals surface area contributed by atoms with Gasteiger partial charge in [0.2, 0.25) is 0 Å². The summed E-state index contributed by atoms with van der Waals surface area (Å²) in [6, 6.07) is 0. The van der Waals surface area contributed by atoms with Crippen LogP contribution in [0.1, 0.15) is 232 Å². The van der Waals surface area contributed by atoms with Gasteiger partial charge in [0.1, 0.15) is 13.2 Å². The molecule has 0 aliphatic carbocycles. The number of nitrogens with zero attached hydrogens (tertiary/aromatic N) is 1. The number of carbonyl (C=O) groups is 3. The molecule has 0 saturated heterocycles. The lowest BCUT2D eigenvalue weighted by atomic mass is 10.1. The number of aliphatic carboxylic acids is 1. The van der Waals surface area contributed by atoms with Crippen LogP contribution in [0.15, 0.2) is 158 Å². The summed E-state index contributed by atoms with van der Waals surface area (Å²) in [5.74, 6) is -2.07. The van der Waals surface area contributed by atoms with Crippen LogP contribution >= 0.6 is 0 Å². The monoisotopic (exact) mass is 1150 g/mol. The van der Waals surface area contributed by atoms with Gasteiger partial charge in [-0.15, -0.1) is 0 Å². The van der Waals surface area contributed by atoms with E-state index in [0.29, 0.717) is 17.4 Å². The van der Waals surface area contributed by atoms with Crippen molar-refractivity contribution in [3.63, 3.8) is 0 Å². The number of carboxylic acids is 1. The molecule has 0 aliphatic heterocycles. The van der Waals surface area contributed by atoms with Crippen molar-refractivity contribution in [2.24, 2.45) is 0 Å². The fourth-order valence-corrected chi connectivity index (χ4v) is 8.28. The van der Waals surface area contributed by atoms with Crippen molar-refractivity contribution in [2.45, 2.75) is 245 Å². The summed E-state index contributed by atoms with van der Waals surface area (Å²) in [6.45, 7) is 4.69. The van der Waals surface area contributed by atoms with E-state index in [1.165, 1.54) is 70.6 Å². The van der Waals surface area contributed by atoms with Crippen molar-refractivity contribution >= 4 is 17.9 Å². The fraction of sp³-hybridized carbons (Fsp3) is 0.608. The molecule has 0 fully saturated rings. The highest BCUT2D eigenvalue weighted by atomic mass is 16.7. The Kier molecular flexibility index (Phi) is 59.1. The van der Waals surface area contributed by atoms with E-state index in [1.807, 2.05) is 21.1 Å². The number of unbranched alkanes of at least 4 members (excludes halogenated alkanes) is 17. The zero-order valence-corrected chi connectivity index (χ0v) is 53.3. The lowest BCUT2D eigenvalue weighted by Gasteiger charge is -2.25. The smallest absolute Gasteiger partial charge is 0.361 e. The van der Waals surface area contributed by atoms with E-state index in [-0.39, 0.29) is 38.6 Å². The maximum atomic E-state index is 12.9. The molecule has 9 heteroatoms. The predicted octanol–water partition coefficient (Wildman–Crippen LogP) is 20.1. The first-order valence-electron chi connectivity index (χ1n) is 32.6. The summed E-state index contributed by atoms with van der Waals surface area (Å²) < 4.78 is 22.9. The molecule has 83 heavy (non-hydrogen) atoms. The van der Waals surface area contributed by atoms with Gasteiger partial charge in [-0.05, 0) is 128 Å². The standard InChI is InChI=1S/C74H119NO8/c1-6-8-10-12-14-16-18-20-22-24-26-28-29-30-31-32-33-34-35-36-37-38-39-40-41-42-43-45-47-49-51-53-55-57-59-61-63-65-72(77)83-70(69-82-74(73(78)79)80-67-66-75(3,4)5)68-81-71(76)64-62-60-58-56-54-52-50-48-46-44-27-25-23-21-19-17-15-13-11-9-7-2/h8,10,14,16,19-22,25-28,30-31,33-34,36-37,39-40,42-43,47,49,53,55,70,74H,6-7,9,11-13,15,17-18,23-24,29,32,35,38,41,44-46,48,50-52,54,56-69H2,1-5H3/p+1/b10-8-,16-14-,21-19-,22-20-,27-25-,28-26-,31-30-,34-33-,37-36-,40-39-,43-42-,49-47-,55-53-. The van der Waals surface area contributed by atoms with Crippen molar-refractivity contribution in [1.29, 1.82) is 0 Å². The van der Waals surface area contributed by atoms with Crippen LogP contribution < -0.4 is 0 Å². The molecule has 0 aromatic rings. The Balaban J connectivity index is 4.31. The molecule has 0 rings (SSSR count). The Hall–Kier alpha value is -5.09. The number of carboxylic acid groups (broad SMARTS) is 1. The van der Waals surface area contributed by atoms with Crippen LogP contribution in [0.4, 0.5) is 0 Å². The highest BCUT2D eigenvalue weighted by Gasteiger charge is 2.25. The lowest BCUT2D eigenvalue weighted by Crippen LogP contribution is -2.40. The summed E-state index contributed by atoms with van der Waals surface area (Å²) in [4.78, 5) is 37.5. The second-order valence-corrected chi connectivity index (χ2v) is 22.3. The number of hydrogen-bond acceptors (Lipinski definition) is 7. The van der Waals surface area contributed by atoms with Gasteiger partial charge in [-0.2, -0.15) is 0 Å². The second kappa shape index (κ2) is 62.9. The van der Waals surface area contributed by atoms with Gasteiger partial charge in [0.15, 0.2) is 6.10 Å². The molecule has 468 valence electrons. The van der Waals surface area contributed by atoms with Gasteiger partial charge in [-0.1, -0.05) is 249 Å². The lowest BCUT2D eigenvalue weighted by molar-refractivity contribution is -0.870. The number of esters is 2. The van der Waals surface area contributed by atoms with E-state index in [1.54, 1.807) is 0 Å². The van der Waals surface area contributed by atoms with E-state index in [2.05, 4.69) is 172 Å². The third-order valence-corrected chi connectivity index (χ3v) is 13.3. The number of ether oxygens (including phenoxy) is 4. The minimum Gasteiger partial charge on any atom is -0.477 e. The zero-order chi connectivity index (χ0) is 60.5. The van der Waals surface area contributed by atoms with Crippen molar-refractivity contribution < 1.29 is 42.9 Å². The van der Waals surface area contributed by atoms with Crippen LogP contribution in [0.5, 0.6) is 0 Å². The third kappa shape index (κ3) is 64.3. The SMILES string of the molecule is CC/C=C\C/C=C\C/C=C\C/C=C\C/C=C\C/C=C\C/C=C\C/C=C\C/C=C\C/C=C\C/C=C\CCCCCC(=O)OC(COC(=O)CCCCCCCCCCC/C=C\C/C=C\CCCCCCC)COC(OCC[N+](C)(C)C)C(=O)O. The first kappa shape index (κ1) is 77.9. The molecule has 0 bridgehead atoms. The van der Waals surface area contributed by atoms with Gasteiger partial charge in [0.25, 0.3) is 6.29 Å². The Morgan fingerprint density at radius 2 is 0.687 bits per heavy atom. The summed E-state index contributed by atoms with van der Waals surface area (Å²) in [5.41, 5.74) is 0. The summed E-state index contributed by atoms with van der Waals surface area (Å²) in [5, 5.41) is 9.72. The second-order valence-electron chi connectivity index (χ2n) is 22.3. The summed E-state index contributed by atoms with van der Waals surface area (Å²) in [6.07, 6.45) is 90.5. The topological polar surface area (TPSA) is 108 Å². The average Bonchev–Trinajstić information content (AvgIpc) is 3.46. The normalized spacial score (nSPS) is 13.8. The van der Waals surface area contributed by atoms with E-state index >= 15 is 0 Å². The first-order chi connectivity index (χ1) is 40.6. The number of quaternary nitrogens is 1. The molecule has 2 atom stereocenters. The number of rotatable bonds is 58. The molecule has 9 nitrogen and oxygen atoms in total. The van der Waals surface area contributed by atoms with Crippen molar-refractivity contribution in [2.75, 3.05) is 47.5 Å². The highest BCUT2D eigenvalue weighted by Crippen LogP contribution is 2.14. The van der Waals surface area contributed by atoms with Crippen molar-refractivity contribution in [3.05, 3.63) is 158 Å². The quantitative estimate of drug-likeness (QED) is 0.0211. The minimum absolute atomic E-state index is 0.171. The largest absolute Gasteiger partial charge is 0.477 e. The molecule has 0 spiro atoms.